The molecule has 1 unspecified atom stereocenters. The van der Waals surface area contributed by atoms with Crippen molar-refractivity contribution in [1.82, 2.24) is 0 Å². The Morgan fingerprint density at radius 2 is 2.17 bits per heavy atom. The zero-order chi connectivity index (χ0) is 13.9. The van der Waals surface area contributed by atoms with Crippen LogP contribution < -0.4 is 10.5 Å². The summed E-state index contributed by atoms with van der Waals surface area (Å²) in [7, 11) is 1.35. The Labute approximate surface area is 105 Å². The number of nitrogens with zero attached hydrogens (tertiary/aromatic N) is 1. The molecule has 0 saturated heterocycles. The first kappa shape index (κ1) is 14.0. The van der Waals surface area contributed by atoms with E-state index in [4.69, 9.17) is 10.5 Å². The highest BCUT2D eigenvalue weighted by atomic mass is 16.6. The number of carbonyl (C=O) groups is 1. The molecule has 0 bridgehead atoms. The lowest BCUT2D eigenvalue weighted by Crippen LogP contribution is -2.37. The van der Waals surface area contributed by atoms with E-state index in [0.29, 0.717) is 12.0 Å². The molecule has 0 spiro atoms. The normalized spacial score (nSPS) is 13.7. The van der Waals surface area contributed by atoms with Crippen LogP contribution in [0.2, 0.25) is 0 Å². The van der Waals surface area contributed by atoms with Gasteiger partial charge in [0.25, 0.3) is 0 Å². The van der Waals surface area contributed by atoms with Gasteiger partial charge in [0.05, 0.1) is 17.4 Å². The fourth-order valence-electron chi connectivity index (χ4n) is 1.69. The Morgan fingerprint density at radius 3 is 2.56 bits per heavy atom. The molecule has 0 aliphatic carbocycles. The molecule has 0 fully saturated rings. The van der Waals surface area contributed by atoms with Crippen molar-refractivity contribution in [1.29, 1.82) is 0 Å². The molecule has 0 saturated carbocycles. The van der Waals surface area contributed by atoms with E-state index in [1.165, 1.54) is 25.3 Å². The minimum absolute atomic E-state index is 0.124. The number of methoxy groups -OCH3 is 1. The SMILES string of the molecule is CCC(C)(C(N)=O)c1ccc([N+](=O)[O-])c(OC)c1. The van der Waals surface area contributed by atoms with Crippen LogP contribution in [-0.2, 0) is 10.2 Å². The van der Waals surface area contributed by atoms with Gasteiger partial charge in [-0.25, -0.2) is 0 Å². The fourth-order valence-corrected chi connectivity index (χ4v) is 1.69. The number of carbonyl (C=O) groups excluding carboxylic acids is 1. The highest BCUT2D eigenvalue weighted by molar-refractivity contribution is 5.86. The minimum Gasteiger partial charge on any atom is -0.490 e. The zero-order valence-electron chi connectivity index (χ0n) is 10.6. The van der Waals surface area contributed by atoms with E-state index >= 15 is 0 Å². The molecule has 1 aromatic rings. The lowest BCUT2D eigenvalue weighted by Gasteiger charge is -2.25. The van der Waals surface area contributed by atoms with Crippen molar-refractivity contribution in [2.45, 2.75) is 25.7 Å². The average molecular weight is 252 g/mol. The number of primary amides is 1. The highest BCUT2D eigenvalue weighted by Crippen LogP contribution is 2.34. The number of hydrogen-bond acceptors (Lipinski definition) is 4. The first-order chi connectivity index (χ1) is 8.36. The molecule has 2 N–H and O–H groups in total. The summed E-state index contributed by atoms with van der Waals surface area (Å²) < 4.78 is 4.97. The highest BCUT2D eigenvalue weighted by Gasteiger charge is 2.32. The first-order valence-electron chi connectivity index (χ1n) is 5.49. The third kappa shape index (κ3) is 2.27. The summed E-state index contributed by atoms with van der Waals surface area (Å²) >= 11 is 0. The van der Waals surface area contributed by atoms with Crippen LogP contribution in [0, 0.1) is 10.1 Å². The smallest absolute Gasteiger partial charge is 0.310 e. The summed E-state index contributed by atoms with van der Waals surface area (Å²) in [6, 6.07) is 4.35. The number of nitro benzene ring substituents is 1. The second kappa shape index (κ2) is 5.03. The van der Waals surface area contributed by atoms with Crippen LogP contribution in [-0.4, -0.2) is 17.9 Å². The van der Waals surface area contributed by atoms with Gasteiger partial charge in [0.15, 0.2) is 5.75 Å². The van der Waals surface area contributed by atoms with Crippen LogP contribution in [0.25, 0.3) is 0 Å². The second-order valence-corrected chi connectivity index (χ2v) is 4.19. The molecule has 0 aliphatic heterocycles. The fraction of sp³-hybridized carbons (Fsp3) is 0.417. The van der Waals surface area contributed by atoms with Crippen molar-refractivity contribution in [3.63, 3.8) is 0 Å². The van der Waals surface area contributed by atoms with E-state index in [2.05, 4.69) is 0 Å². The predicted octanol–water partition coefficient (Wildman–Crippen LogP) is 1.76. The quantitative estimate of drug-likeness (QED) is 0.637. The van der Waals surface area contributed by atoms with Crippen molar-refractivity contribution in [2.24, 2.45) is 5.73 Å². The van der Waals surface area contributed by atoms with Crippen LogP contribution in [0.5, 0.6) is 5.75 Å². The minimum atomic E-state index is -0.859. The van der Waals surface area contributed by atoms with E-state index in [-0.39, 0.29) is 11.4 Å². The number of nitrogens with two attached hydrogens (primary N) is 1. The summed E-state index contributed by atoms with van der Waals surface area (Å²) in [6.45, 7) is 3.54. The Morgan fingerprint density at radius 1 is 1.56 bits per heavy atom. The summed E-state index contributed by atoms with van der Waals surface area (Å²) in [5.41, 5.74) is 5.01. The first-order valence-corrected chi connectivity index (χ1v) is 5.49. The van der Waals surface area contributed by atoms with Gasteiger partial charge < -0.3 is 10.5 Å². The van der Waals surface area contributed by atoms with Gasteiger partial charge in [-0.05, 0) is 25.0 Å². The molecule has 0 radical (unpaired) electrons. The van der Waals surface area contributed by atoms with Crippen molar-refractivity contribution in [3.05, 3.63) is 33.9 Å². The maximum Gasteiger partial charge on any atom is 0.310 e. The predicted molar refractivity (Wildman–Crippen MR) is 66.5 cm³/mol. The third-order valence-corrected chi connectivity index (χ3v) is 3.26. The summed E-state index contributed by atoms with van der Waals surface area (Å²) in [5, 5.41) is 10.8. The van der Waals surface area contributed by atoms with Gasteiger partial charge in [-0.1, -0.05) is 13.0 Å². The van der Waals surface area contributed by atoms with Crippen LogP contribution in [0.4, 0.5) is 5.69 Å². The molecular weight excluding hydrogens is 236 g/mol. The maximum atomic E-state index is 11.5. The van der Waals surface area contributed by atoms with Crippen LogP contribution >= 0.6 is 0 Å². The summed E-state index contributed by atoms with van der Waals surface area (Å²) in [4.78, 5) is 21.8. The monoisotopic (exact) mass is 252 g/mol. The van der Waals surface area contributed by atoms with Gasteiger partial charge >= 0.3 is 5.69 Å². The molecular formula is C12H16N2O4. The number of rotatable bonds is 5. The second-order valence-electron chi connectivity index (χ2n) is 4.19. The van der Waals surface area contributed by atoms with Crippen molar-refractivity contribution >= 4 is 11.6 Å². The summed E-state index contributed by atoms with van der Waals surface area (Å²) in [6.07, 6.45) is 0.503. The Kier molecular flexibility index (Phi) is 3.90. The van der Waals surface area contributed by atoms with Crippen LogP contribution in [0.1, 0.15) is 25.8 Å². The van der Waals surface area contributed by atoms with Gasteiger partial charge in [-0.2, -0.15) is 0 Å². The Bertz CT molecular complexity index is 487. The lowest BCUT2D eigenvalue weighted by atomic mass is 9.79. The number of amides is 1. The van der Waals surface area contributed by atoms with E-state index in [0.717, 1.165) is 0 Å². The van der Waals surface area contributed by atoms with Gasteiger partial charge in [-0.3, -0.25) is 14.9 Å². The Balaban J connectivity index is 3.36. The molecule has 1 atom stereocenters. The maximum absolute atomic E-state index is 11.5. The molecule has 6 heteroatoms. The zero-order valence-corrected chi connectivity index (χ0v) is 10.6. The largest absolute Gasteiger partial charge is 0.490 e. The van der Waals surface area contributed by atoms with Gasteiger partial charge in [0.1, 0.15) is 0 Å². The average Bonchev–Trinajstić information content (AvgIpc) is 2.36. The topological polar surface area (TPSA) is 95.5 Å². The van der Waals surface area contributed by atoms with E-state index < -0.39 is 16.2 Å². The Hall–Kier alpha value is -2.11. The summed E-state index contributed by atoms with van der Waals surface area (Å²) in [5.74, 6) is -0.348. The lowest BCUT2D eigenvalue weighted by molar-refractivity contribution is -0.385. The molecule has 0 aromatic heterocycles. The molecule has 0 heterocycles. The number of hydrogen-bond donors (Lipinski definition) is 1. The number of ether oxygens (including phenoxy) is 1. The molecule has 98 valence electrons. The van der Waals surface area contributed by atoms with Crippen molar-refractivity contribution < 1.29 is 14.5 Å². The van der Waals surface area contributed by atoms with E-state index in [1.807, 2.05) is 6.92 Å². The molecule has 0 aliphatic rings. The van der Waals surface area contributed by atoms with Crippen LogP contribution in [0.15, 0.2) is 18.2 Å². The van der Waals surface area contributed by atoms with E-state index in [1.54, 1.807) is 6.92 Å². The molecule has 1 aromatic carbocycles. The number of nitro groups is 1. The van der Waals surface area contributed by atoms with Crippen LogP contribution in [0.3, 0.4) is 0 Å². The van der Waals surface area contributed by atoms with Gasteiger partial charge in [0.2, 0.25) is 5.91 Å². The third-order valence-electron chi connectivity index (χ3n) is 3.26. The number of benzene rings is 1. The molecule has 1 rings (SSSR count). The van der Waals surface area contributed by atoms with Crippen molar-refractivity contribution in [2.75, 3.05) is 7.11 Å². The van der Waals surface area contributed by atoms with Gasteiger partial charge in [0, 0.05) is 6.07 Å². The molecule has 6 nitrogen and oxygen atoms in total. The van der Waals surface area contributed by atoms with E-state index in [9.17, 15) is 14.9 Å². The van der Waals surface area contributed by atoms with Gasteiger partial charge in [-0.15, -0.1) is 0 Å². The standard InChI is InChI=1S/C12H16N2O4/c1-4-12(2,11(13)15)8-5-6-9(14(16)17)10(7-8)18-3/h5-7H,4H2,1-3H3,(H2,13,15). The molecule has 18 heavy (non-hydrogen) atoms. The van der Waals surface area contributed by atoms with Crippen molar-refractivity contribution in [3.8, 4) is 5.75 Å². The molecule has 1 amide bonds.